The first kappa shape index (κ1) is 15.6. The molecule has 7 heteroatoms. The molecule has 3 rings (SSSR count). The molecule has 1 aliphatic rings. The Balaban J connectivity index is 1.58. The van der Waals surface area contributed by atoms with Crippen LogP contribution in [0.1, 0.15) is 21.8 Å². The minimum atomic E-state index is -0.742. The van der Waals surface area contributed by atoms with Crippen molar-refractivity contribution in [2.24, 2.45) is 0 Å². The van der Waals surface area contributed by atoms with E-state index in [1.807, 2.05) is 13.0 Å². The topological polar surface area (TPSA) is 49.6 Å². The Bertz CT molecular complexity index is 689. The van der Waals surface area contributed by atoms with Gasteiger partial charge in [-0.25, -0.2) is 8.78 Å². The number of hydrogen-bond acceptors (Lipinski definition) is 4. The number of amides is 1. The largest absolute Gasteiger partial charge is 0.361 e. The molecule has 0 N–H and O–H groups in total. The van der Waals surface area contributed by atoms with Gasteiger partial charge in [0, 0.05) is 50.4 Å². The van der Waals surface area contributed by atoms with Gasteiger partial charge in [0.1, 0.15) is 17.4 Å². The molecule has 0 saturated carbocycles. The number of carbonyl (C=O) groups excluding carboxylic acids is 1. The first-order valence-corrected chi connectivity index (χ1v) is 7.41. The third kappa shape index (κ3) is 3.73. The van der Waals surface area contributed by atoms with Gasteiger partial charge in [-0.05, 0) is 19.1 Å². The Labute approximate surface area is 132 Å². The predicted molar refractivity (Wildman–Crippen MR) is 78.8 cm³/mol. The van der Waals surface area contributed by atoms with Crippen LogP contribution in [0.4, 0.5) is 8.78 Å². The highest BCUT2D eigenvalue weighted by molar-refractivity contribution is 5.94. The van der Waals surface area contributed by atoms with Crippen LogP contribution in [0.15, 0.2) is 28.8 Å². The minimum absolute atomic E-state index is 0.0445. The van der Waals surface area contributed by atoms with Gasteiger partial charge in [0.2, 0.25) is 0 Å². The molecule has 0 bridgehead atoms. The lowest BCUT2D eigenvalue weighted by atomic mass is 10.1. The summed E-state index contributed by atoms with van der Waals surface area (Å²) in [5, 5.41) is 3.95. The molecule has 122 valence electrons. The van der Waals surface area contributed by atoms with Crippen molar-refractivity contribution in [3.05, 3.63) is 52.9 Å². The molecule has 0 unspecified atom stereocenters. The van der Waals surface area contributed by atoms with Crippen molar-refractivity contribution >= 4 is 5.91 Å². The standard InChI is InChI=1S/C16H17F2N3O2/c1-11-6-15(19-23-11)10-20-2-4-21(5-3-20)16(22)12-7-13(17)9-14(18)8-12/h6-9H,2-5,10H2,1H3. The molecule has 2 heterocycles. The van der Waals surface area contributed by atoms with Crippen LogP contribution in [0.3, 0.4) is 0 Å². The molecule has 1 aromatic heterocycles. The van der Waals surface area contributed by atoms with Crippen molar-refractivity contribution in [3.63, 3.8) is 0 Å². The number of nitrogens with zero attached hydrogens (tertiary/aromatic N) is 3. The highest BCUT2D eigenvalue weighted by Crippen LogP contribution is 2.14. The number of aryl methyl sites for hydroxylation is 1. The summed E-state index contributed by atoms with van der Waals surface area (Å²) in [7, 11) is 0. The molecule has 1 amide bonds. The van der Waals surface area contributed by atoms with Crippen molar-refractivity contribution in [2.45, 2.75) is 13.5 Å². The van der Waals surface area contributed by atoms with Gasteiger partial charge in [-0.3, -0.25) is 9.69 Å². The molecular weight excluding hydrogens is 304 g/mol. The van der Waals surface area contributed by atoms with E-state index in [-0.39, 0.29) is 11.5 Å². The molecule has 2 aromatic rings. The van der Waals surface area contributed by atoms with Crippen LogP contribution in [0.5, 0.6) is 0 Å². The van der Waals surface area contributed by atoms with Crippen molar-refractivity contribution in [2.75, 3.05) is 26.2 Å². The summed E-state index contributed by atoms with van der Waals surface area (Å²) >= 11 is 0. The lowest BCUT2D eigenvalue weighted by Crippen LogP contribution is -2.48. The molecule has 1 saturated heterocycles. The summed E-state index contributed by atoms with van der Waals surface area (Å²) in [5.74, 6) is -1.07. The molecular formula is C16H17F2N3O2. The van der Waals surface area contributed by atoms with Crippen LogP contribution >= 0.6 is 0 Å². The SMILES string of the molecule is Cc1cc(CN2CCN(C(=O)c3cc(F)cc(F)c3)CC2)no1. The number of hydrogen-bond donors (Lipinski definition) is 0. The van der Waals surface area contributed by atoms with E-state index in [0.29, 0.717) is 32.7 Å². The van der Waals surface area contributed by atoms with Gasteiger partial charge in [0.15, 0.2) is 0 Å². The van der Waals surface area contributed by atoms with E-state index < -0.39 is 11.6 Å². The van der Waals surface area contributed by atoms with E-state index in [0.717, 1.165) is 29.7 Å². The Kier molecular flexibility index (Phi) is 4.38. The maximum absolute atomic E-state index is 13.2. The molecule has 23 heavy (non-hydrogen) atoms. The Morgan fingerprint density at radius 3 is 2.35 bits per heavy atom. The van der Waals surface area contributed by atoms with Gasteiger partial charge < -0.3 is 9.42 Å². The maximum Gasteiger partial charge on any atom is 0.254 e. The molecule has 0 aliphatic carbocycles. The van der Waals surface area contributed by atoms with Crippen molar-refractivity contribution in [3.8, 4) is 0 Å². The van der Waals surface area contributed by atoms with Gasteiger partial charge in [-0.2, -0.15) is 0 Å². The zero-order valence-electron chi connectivity index (χ0n) is 12.8. The Morgan fingerprint density at radius 2 is 1.78 bits per heavy atom. The third-order valence-electron chi connectivity index (χ3n) is 3.83. The monoisotopic (exact) mass is 321 g/mol. The summed E-state index contributed by atoms with van der Waals surface area (Å²) in [6.07, 6.45) is 0. The fraction of sp³-hybridized carbons (Fsp3) is 0.375. The lowest BCUT2D eigenvalue weighted by Gasteiger charge is -2.34. The van der Waals surface area contributed by atoms with E-state index in [1.165, 1.54) is 0 Å². The molecule has 1 fully saturated rings. The van der Waals surface area contributed by atoms with Crippen LogP contribution < -0.4 is 0 Å². The zero-order valence-corrected chi connectivity index (χ0v) is 12.8. The lowest BCUT2D eigenvalue weighted by molar-refractivity contribution is 0.0624. The fourth-order valence-corrected chi connectivity index (χ4v) is 2.69. The third-order valence-corrected chi connectivity index (χ3v) is 3.83. The summed E-state index contributed by atoms with van der Waals surface area (Å²) in [6.45, 7) is 4.87. The van der Waals surface area contributed by atoms with E-state index in [9.17, 15) is 13.6 Å². The highest BCUT2D eigenvalue weighted by Gasteiger charge is 2.23. The second-order valence-electron chi connectivity index (χ2n) is 5.66. The number of rotatable bonds is 3. The van der Waals surface area contributed by atoms with Gasteiger partial charge in [-0.15, -0.1) is 0 Å². The number of benzene rings is 1. The van der Waals surface area contributed by atoms with Crippen molar-refractivity contribution in [1.29, 1.82) is 0 Å². The number of halogens is 2. The van der Waals surface area contributed by atoms with Gasteiger partial charge in [-0.1, -0.05) is 5.16 Å². The number of piperazine rings is 1. The van der Waals surface area contributed by atoms with Crippen molar-refractivity contribution < 1.29 is 18.1 Å². The predicted octanol–water partition coefficient (Wildman–Crippen LogP) is 2.22. The normalized spacial score (nSPS) is 15.9. The average molecular weight is 321 g/mol. The number of aromatic nitrogens is 1. The quantitative estimate of drug-likeness (QED) is 0.870. The van der Waals surface area contributed by atoms with Gasteiger partial charge in [0.05, 0.1) is 5.69 Å². The van der Waals surface area contributed by atoms with E-state index in [1.54, 1.807) is 4.90 Å². The molecule has 5 nitrogen and oxygen atoms in total. The summed E-state index contributed by atoms with van der Waals surface area (Å²) in [6, 6.07) is 4.77. The summed E-state index contributed by atoms with van der Waals surface area (Å²) in [5.41, 5.74) is 0.901. The number of carbonyl (C=O) groups is 1. The molecule has 0 spiro atoms. The smallest absolute Gasteiger partial charge is 0.254 e. The minimum Gasteiger partial charge on any atom is -0.361 e. The summed E-state index contributed by atoms with van der Waals surface area (Å²) < 4.78 is 31.5. The van der Waals surface area contributed by atoms with E-state index in [2.05, 4.69) is 10.1 Å². The summed E-state index contributed by atoms with van der Waals surface area (Å²) in [4.78, 5) is 16.1. The van der Waals surface area contributed by atoms with Gasteiger partial charge >= 0.3 is 0 Å². The van der Waals surface area contributed by atoms with Crippen LogP contribution in [-0.2, 0) is 6.54 Å². The van der Waals surface area contributed by atoms with E-state index in [4.69, 9.17) is 4.52 Å². The van der Waals surface area contributed by atoms with Crippen LogP contribution in [0.25, 0.3) is 0 Å². The average Bonchev–Trinajstić information content (AvgIpc) is 2.91. The molecule has 1 aliphatic heterocycles. The zero-order chi connectivity index (χ0) is 16.4. The molecule has 0 atom stereocenters. The highest BCUT2D eigenvalue weighted by atomic mass is 19.1. The maximum atomic E-state index is 13.2. The van der Waals surface area contributed by atoms with Crippen LogP contribution in [0, 0.1) is 18.6 Å². The fourth-order valence-electron chi connectivity index (χ4n) is 2.69. The molecule has 1 aromatic carbocycles. The van der Waals surface area contributed by atoms with E-state index >= 15 is 0 Å². The van der Waals surface area contributed by atoms with Crippen LogP contribution in [-0.4, -0.2) is 47.0 Å². The first-order valence-electron chi connectivity index (χ1n) is 7.41. The first-order chi connectivity index (χ1) is 11.0. The molecule has 0 radical (unpaired) electrons. The Hall–Kier alpha value is -2.28. The van der Waals surface area contributed by atoms with Crippen molar-refractivity contribution in [1.82, 2.24) is 15.0 Å². The van der Waals surface area contributed by atoms with Gasteiger partial charge in [0.25, 0.3) is 5.91 Å². The Morgan fingerprint density at radius 1 is 1.13 bits per heavy atom. The second kappa shape index (κ2) is 6.45. The van der Waals surface area contributed by atoms with Crippen LogP contribution in [0.2, 0.25) is 0 Å². The second-order valence-corrected chi connectivity index (χ2v) is 5.66.